The van der Waals surface area contributed by atoms with Crippen molar-refractivity contribution in [3.63, 3.8) is 0 Å². The molecule has 106 valence electrons. The van der Waals surface area contributed by atoms with Gasteiger partial charge >= 0.3 is 0 Å². The number of benzene rings is 1. The Morgan fingerprint density at radius 1 is 1.20 bits per heavy atom. The van der Waals surface area contributed by atoms with Crippen molar-refractivity contribution in [2.24, 2.45) is 0 Å². The minimum absolute atomic E-state index is 0.675. The molecule has 0 radical (unpaired) electrons. The summed E-state index contributed by atoms with van der Waals surface area (Å²) < 4.78 is 0. The van der Waals surface area contributed by atoms with E-state index in [2.05, 4.69) is 41.5 Å². The molecule has 2 atom stereocenters. The van der Waals surface area contributed by atoms with E-state index >= 15 is 0 Å². The van der Waals surface area contributed by atoms with Crippen molar-refractivity contribution in [2.45, 2.75) is 51.0 Å². The van der Waals surface area contributed by atoms with E-state index < -0.39 is 0 Å². The fourth-order valence-electron chi connectivity index (χ4n) is 3.61. The number of hydrogen-bond donors (Lipinski definition) is 1. The van der Waals surface area contributed by atoms with Gasteiger partial charge in [-0.15, -0.1) is 0 Å². The van der Waals surface area contributed by atoms with Crippen LogP contribution in [-0.4, -0.2) is 17.6 Å². The minimum atomic E-state index is 0.675. The molecular weight excluding hydrogens is 244 g/mol. The van der Waals surface area contributed by atoms with Crippen LogP contribution in [0.15, 0.2) is 36.7 Å². The lowest BCUT2D eigenvalue weighted by Crippen LogP contribution is -2.29. The van der Waals surface area contributed by atoms with Crippen LogP contribution in [-0.2, 0) is 0 Å². The summed E-state index contributed by atoms with van der Waals surface area (Å²) >= 11 is 0. The van der Waals surface area contributed by atoms with E-state index in [9.17, 15) is 0 Å². The van der Waals surface area contributed by atoms with Gasteiger partial charge < -0.3 is 5.32 Å². The van der Waals surface area contributed by atoms with Crippen LogP contribution >= 0.6 is 0 Å². The molecule has 2 unspecified atom stereocenters. The summed E-state index contributed by atoms with van der Waals surface area (Å²) in [4.78, 5) is 4.33. The molecule has 3 rings (SSSR count). The zero-order chi connectivity index (χ0) is 13.8. The van der Waals surface area contributed by atoms with Crippen molar-refractivity contribution in [1.29, 1.82) is 0 Å². The summed E-state index contributed by atoms with van der Waals surface area (Å²) in [6, 6.07) is 9.50. The van der Waals surface area contributed by atoms with Crippen molar-refractivity contribution in [3.8, 4) is 0 Å². The number of nitrogens with zero attached hydrogens (tertiary/aromatic N) is 1. The standard InChI is InChI=1S/C18H24N2/c1-2-20-16-8-4-3-6-15(12-16)17-9-5-7-14-10-11-19-13-18(14)17/h5,7,9-11,13,15-16,20H,2-4,6,8,12H2,1H3. The van der Waals surface area contributed by atoms with Crippen LogP contribution < -0.4 is 5.32 Å². The van der Waals surface area contributed by atoms with Crippen LogP contribution in [0.3, 0.4) is 0 Å². The molecule has 20 heavy (non-hydrogen) atoms. The fourth-order valence-corrected chi connectivity index (χ4v) is 3.61. The lowest BCUT2D eigenvalue weighted by Gasteiger charge is -2.22. The average molecular weight is 268 g/mol. The highest BCUT2D eigenvalue weighted by Gasteiger charge is 2.22. The average Bonchev–Trinajstić information content (AvgIpc) is 2.73. The molecular formula is C18H24N2. The van der Waals surface area contributed by atoms with Crippen LogP contribution in [0.4, 0.5) is 0 Å². The molecule has 2 nitrogen and oxygen atoms in total. The maximum atomic E-state index is 4.33. The number of nitrogens with one attached hydrogen (secondary N) is 1. The van der Waals surface area contributed by atoms with Crippen molar-refractivity contribution < 1.29 is 0 Å². The third-order valence-electron chi connectivity index (χ3n) is 4.57. The van der Waals surface area contributed by atoms with Crippen LogP contribution in [0.1, 0.15) is 50.5 Å². The third kappa shape index (κ3) is 2.85. The molecule has 1 saturated carbocycles. The highest BCUT2D eigenvalue weighted by Crippen LogP contribution is 2.35. The quantitative estimate of drug-likeness (QED) is 0.841. The molecule has 1 N–H and O–H groups in total. The van der Waals surface area contributed by atoms with Crippen molar-refractivity contribution in [3.05, 3.63) is 42.2 Å². The van der Waals surface area contributed by atoms with Gasteiger partial charge in [-0.05, 0) is 48.7 Å². The first-order chi connectivity index (χ1) is 9.88. The summed E-state index contributed by atoms with van der Waals surface area (Å²) in [6.45, 7) is 3.29. The van der Waals surface area contributed by atoms with E-state index in [0.717, 1.165) is 6.54 Å². The molecule has 1 aromatic heterocycles. The zero-order valence-electron chi connectivity index (χ0n) is 12.3. The predicted octanol–water partition coefficient (Wildman–Crippen LogP) is 4.26. The lowest BCUT2D eigenvalue weighted by molar-refractivity contribution is 0.450. The Kier molecular flexibility index (Phi) is 4.31. The Labute approximate surface area is 121 Å². The van der Waals surface area contributed by atoms with Gasteiger partial charge in [-0.1, -0.05) is 38.0 Å². The summed E-state index contributed by atoms with van der Waals surface area (Å²) in [5, 5.41) is 6.32. The SMILES string of the molecule is CCNC1CCCCC(c2cccc3ccncc23)C1. The van der Waals surface area contributed by atoms with E-state index in [-0.39, 0.29) is 0 Å². The Morgan fingerprint density at radius 2 is 2.10 bits per heavy atom. The van der Waals surface area contributed by atoms with E-state index in [1.54, 1.807) is 0 Å². The fraction of sp³-hybridized carbons (Fsp3) is 0.500. The Balaban J connectivity index is 1.92. The second-order valence-electron chi connectivity index (χ2n) is 5.92. The van der Waals surface area contributed by atoms with Crippen molar-refractivity contribution in [2.75, 3.05) is 6.54 Å². The zero-order valence-corrected chi connectivity index (χ0v) is 12.3. The highest BCUT2D eigenvalue weighted by molar-refractivity contribution is 5.85. The molecule has 0 saturated heterocycles. The number of pyridine rings is 1. The Bertz CT molecular complexity index is 559. The molecule has 0 spiro atoms. The second-order valence-corrected chi connectivity index (χ2v) is 5.92. The van der Waals surface area contributed by atoms with Crippen LogP contribution in [0.2, 0.25) is 0 Å². The van der Waals surface area contributed by atoms with Crippen LogP contribution in [0.5, 0.6) is 0 Å². The van der Waals surface area contributed by atoms with E-state index in [0.29, 0.717) is 12.0 Å². The Morgan fingerprint density at radius 3 is 3.00 bits per heavy atom. The summed E-state index contributed by atoms with van der Waals surface area (Å²) in [7, 11) is 0. The van der Waals surface area contributed by atoms with Crippen molar-refractivity contribution >= 4 is 10.8 Å². The van der Waals surface area contributed by atoms with Crippen LogP contribution in [0.25, 0.3) is 10.8 Å². The largest absolute Gasteiger partial charge is 0.314 e. The van der Waals surface area contributed by atoms with Crippen LogP contribution in [0, 0.1) is 0 Å². The van der Waals surface area contributed by atoms with Gasteiger partial charge in [0.15, 0.2) is 0 Å². The molecule has 1 aromatic carbocycles. The second kappa shape index (κ2) is 6.36. The van der Waals surface area contributed by atoms with Gasteiger partial charge in [-0.3, -0.25) is 4.98 Å². The number of aromatic nitrogens is 1. The number of hydrogen-bond acceptors (Lipinski definition) is 2. The monoisotopic (exact) mass is 268 g/mol. The number of fused-ring (bicyclic) bond motifs is 1. The summed E-state index contributed by atoms with van der Waals surface area (Å²) in [5.41, 5.74) is 1.50. The van der Waals surface area contributed by atoms with Gasteiger partial charge in [0.2, 0.25) is 0 Å². The highest BCUT2D eigenvalue weighted by atomic mass is 14.9. The normalized spacial score (nSPS) is 23.6. The molecule has 1 aliphatic carbocycles. The summed E-state index contributed by atoms with van der Waals surface area (Å²) in [6.07, 6.45) is 10.5. The topological polar surface area (TPSA) is 24.9 Å². The van der Waals surface area contributed by atoms with E-state index in [1.165, 1.54) is 48.4 Å². The predicted molar refractivity (Wildman–Crippen MR) is 85.0 cm³/mol. The first-order valence-electron chi connectivity index (χ1n) is 7.94. The molecule has 1 fully saturated rings. The minimum Gasteiger partial charge on any atom is -0.314 e. The van der Waals surface area contributed by atoms with Gasteiger partial charge in [-0.25, -0.2) is 0 Å². The molecule has 1 heterocycles. The van der Waals surface area contributed by atoms with Gasteiger partial charge in [0.1, 0.15) is 0 Å². The van der Waals surface area contributed by atoms with E-state index in [4.69, 9.17) is 0 Å². The van der Waals surface area contributed by atoms with Gasteiger partial charge in [0.05, 0.1) is 0 Å². The van der Waals surface area contributed by atoms with Crippen molar-refractivity contribution in [1.82, 2.24) is 10.3 Å². The molecule has 0 aliphatic heterocycles. The third-order valence-corrected chi connectivity index (χ3v) is 4.57. The van der Waals surface area contributed by atoms with Gasteiger partial charge in [-0.2, -0.15) is 0 Å². The Hall–Kier alpha value is -1.41. The number of rotatable bonds is 3. The maximum Gasteiger partial charge on any atom is 0.0349 e. The summed E-state index contributed by atoms with van der Waals surface area (Å²) in [5.74, 6) is 0.675. The maximum absolute atomic E-state index is 4.33. The smallest absolute Gasteiger partial charge is 0.0349 e. The molecule has 2 aromatic rings. The first-order valence-corrected chi connectivity index (χ1v) is 7.94. The molecule has 0 amide bonds. The molecule has 1 aliphatic rings. The molecule has 0 bridgehead atoms. The van der Waals surface area contributed by atoms with Gasteiger partial charge in [0.25, 0.3) is 0 Å². The van der Waals surface area contributed by atoms with E-state index in [1.807, 2.05) is 12.4 Å². The first kappa shape index (κ1) is 13.6. The molecule has 2 heteroatoms. The van der Waals surface area contributed by atoms with Gasteiger partial charge in [0, 0.05) is 23.8 Å². The lowest BCUT2D eigenvalue weighted by atomic mass is 9.87.